The van der Waals surface area contributed by atoms with Gasteiger partial charge in [0.15, 0.2) is 0 Å². The summed E-state index contributed by atoms with van der Waals surface area (Å²) >= 11 is 1.68. The Kier molecular flexibility index (Phi) is 5.79. The van der Waals surface area contributed by atoms with E-state index in [1.165, 1.54) is 50.6 Å². The summed E-state index contributed by atoms with van der Waals surface area (Å²) in [5.41, 5.74) is 3.49. The molecule has 1 amide bonds. The molecule has 0 unspecified atom stereocenters. The lowest BCUT2D eigenvalue weighted by molar-refractivity contribution is -0.114. The van der Waals surface area contributed by atoms with Crippen LogP contribution in [0.2, 0.25) is 0 Å². The molecule has 0 fully saturated rings. The first-order chi connectivity index (χ1) is 16.7. The Bertz CT molecular complexity index is 1570. The first-order valence-electron chi connectivity index (χ1n) is 11.1. The van der Waals surface area contributed by atoms with Gasteiger partial charge in [0.2, 0.25) is 0 Å². The number of fused-ring (bicyclic) bond motifs is 3. The number of carbonyl (C=O) groups is 1. The average Bonchev–Trinajstić information content (AvgIpc) is 3.34. The molecule has 0 saturated carbocycles. The van der Waals surface area contributed by atoms with Crippen LogP contribution < -0.4 is 9.91 Å². The van der Waals surface area contributed by atoms with Gasteiger partial charge in [-0.3, -0.25) is 9.35 Å². The van der Waals surface area contributed by atoms with Crippen molar-refractivity contribution < 1.29 is 17.8 Å². The molecule has 0 aliphatic carbocycles. The Morgan fingerprint density at radius 3 is 2.49 bits per heavy atom. The van der Waals surface area contributed by atoms with Gasteiger partial charge in [0, 0.05) is 16.8 Å². The zero-order valence-electron chi connectivity index (χ0n) is 19.4. The zero-order valence-corrected chi connectivity index (χ0v) is 21.0. The summed E-state index contributed by atoms with van der Waals surface area (Å²) in [6, 6.07) is 18.0. The third-order valence-corrected chi connectivity index (χ3v) is 8.03. The van der Waals surface area contributed by atoms with Crippen molar-refractivity contribution in [2.24, 2.45) is 5.10 Å². The molecule has 178 valence electrons. The number of hydrogen-bond donors (Lipinski definition) is 1. The number of carbonyl (C=O) groups excluding carboxylic acids is 1. The van der Waals surface area contributed by atoms with E-state index in [2.05, 4.69) is 41.2 Å². The molecule has 1 N–H and O–H groups in total. The third-order valence-electron chi connectivity index (χ3n) is 6.06. The van der Waals surface area contributed by atoms with E-state index in [9.17, 15) is 17.8 Å². The minimum absolute atomic E-state index is 0.240. The second-order valence-corrected chi connectivity index (χ2v) is 10.8. The number of thioether (sulfide) groups is 1. The molecule has 0 saturated heterocycles. The van der Waals surface area contributed by atoms with Gasteiger partial charge in [0.05, 0.1) is 32.6 Å². The van der Waals surface area contributed by atoms with Gasteiger partial charge in [-0.05, 0) is 68.1 Å². The number of hydrazone groups is 1. The van der Waals surface area contributed by atoms with Crippen LogP contribution in [-0.2, 0) is 14.9 Å². The van der Waals surface area contributed by atoms with E-state index in [-0.39, 0.29) is 10.8 Å². The molecule has 2 heterocycles. The summed E-state index contributed by atoms with van der Waals surface area (Å²) < 4.78 is 31.8. The number of rotatable bonds is 4. The smallest absolute Gasteiger partial charge is 0.294 e. The highest BCUT2D eigenvalue weighted by Gasteiger charge is 2.32. The molecule has 0 spiro atoms. The Hall–Kier alpha value is -3.40. The number of amides is 1. The largest absolute Gasteiger partial charge is 0.335 e. The maximum Gasteiger partial charge on any atom is 0.294 e. The topological polar surface area (TPSA) is 90.3 Å². The molecule has 3 aromatic carbocycles. The highest BCUT2D eigenvalue weighted by molar-refractivity contribution is 8.03. The van der Waals surface area contributed by atoms with Gasteiger partial charge in [0.1, 0.15) is 0 Å². The Labute approximate surface area is 208 Å². The van der Waals surface area contributed by atoms with Crippen molar-refractivity contribution in [3.05, 3.63) is 82.9 Å². The second kappa shape index (κ2) is 8.67. The quantitative estimate of drug-likeness (QED) is 0.367. The monoisotopic (exact) mass is 505 g/mol. The van der Waals surface area contributed by atoms with E-state index < -0.39 is 10.1 Å². The Morgan fingerprint density at radius 1 is 1.09 bits per heavy atom. The van der Waals surface area contributed by atoms with Crippen LogP contribution in [0.15, 0.2) is 97.8 Å². The first kappa shape index (κ1) is 23.3. The molecular formula is C26H23N3O4S2. The number of nitrogens with zero attached hydrogens (tertiary/aromatic N) is 3. The van der Waals surface area contributed by atoms with Crippen molar-refractivity contribution in [3.8, 4) is 0 Å². The van der Waals surface area contributed by atoms with Gasteiger partial charge >= 0.3 is 0 Å². The summed E-state index contributed by atoms with van der Waals surface area (Å²) in [5, 5.41) is 9.09. The van der Waals surface area contributed by atoms with Crippen LogP contribution in [-0.4, -0.2) is 31.1 Å². The number of hydrogen-bond acceptors (Lipinski definition) is 6. The van der Waals surface area contributed by atoms with E-state index in [0.29, 0.717) is 17.0 Å². The highest BCUT2D eigenvalue weighted by atomic mass is 32.2. The van der Waals surface area contributed by atoms with Crippen LogP contribution in [0.1, 0.15) is 20.8 Å². The average molecular weight is 506 g/mol. The molecule has 3 aromatic rings. The van der Waals surface area contributed by atoms with Crippen LogP contribution in [0.4, 0.5) is 11.4 Å². The minimum Gasteiger partial charge on any atom is -0.335 e. The van der Waals surface area contributed by atoms with Crippen molar-refractivity contribution in [1.29, 1.82) is 0 Å². The maximum atomic E-state index is 13.3. The molecule has 0 atom stereocenters. The predicted octanol–water partition coefficient (Wildman–Crippen LogP) is 5.60. The van der Waals surface area contributed by atoms with E-state index in [1.54, 1.807) is 18.7 Å². The predicted molar refractivity (Wildman–Crippen MR) is 140 cm³/mol. The Morgan fingerprint density at radius 2 is 1.80 bits per heavy atom. The molecule has 0 bridgehead atoms. The van der Waals surface area contributed by atoms with Crippen molar-refractivity contribution in [2.75, 3.05) is 16.5 Å². The number of anilines is 2. The molecule has 9 heteroatoms. The normalized spacial score (nSPS) is 18.5. The summed E-state index contributed by atoms with van der Waals surface area (Å²) in [6.07, 6.45) is 2.03. The molecule has 2 aliphatic heterocycles. The van der Waals surface area contributed by atoms with Gasteiger partial charge in [0.25, 0.3) is 16.0 Å². The van der Waals surface area contributed by atoms with Crippen molar-refractivity contribution in [2.45, 2.75) is 30.6 Å². The number of benzene rings is 3. The molecule has 7 nitrogen and oxygen atoms in total. The fraction of sp³-hybridized carbons (Fsp3) is 0.154. The first-order valence-corrected chi connectivity index (χ1v) is 13.3. The second-order valence-electron chi connectivity index (χ2n) is 8.29. The summed E-state index contributed by atoms with van der Waals surface area (Å²) in [5.74, 6) is -0.287. The van der Waals surface area contributed by atoms with Crippen LogP contribution in [0.5, 0.6) is 0 Å². The van der Waals surface area contributed by atoms with E-state index in [1.807, 2.05) is 25.1 Å². The van der Waals surface area contributed by atoms with E-state index >= 15 is 0 Å². The highest BCUT2D eigenvalue weighted by Crippen LogP contribution is 2.49. The summed E-state index contributed by atoms with van der Waals surface area (Å²) in [6.45, 7) is 6.58. The minimum atomic E-state index is -4.31. The van der Waals surface area contributed by atoms with Crippen molar-refractivity contribution in [1.82, 2.24) is 0 Å². The lowest BCUT2D eigenvalue weighted by atomic mass is 10.0. The lowest BCUT2D eigenvalue weighted by Gasteiger charge is -2.20. The van der Waals surface area contributed by atoms with Crippen LogP contribution in [0.25, 0.3) is 10.8 Å². The van der Waals surface area contributed by atoms with Crippen LogP contribution in [0, 0.1) is 0 Å². The van der Waals surface area contributed by atoms with Crippen LogP contribution in [0.3, 0.4) is 0 Å². The van der Waals surface area contributed by atoms with Crippen LogP contribution >= 0.6 is 11.8 Å². The molecular weight excluding hydrogens is 482 g/mol. The Balaban J connectivity index is 1.49. The SMILES string of the molecule is CCN1C(=CC(C)=C2C(=O)N(c3ccc(S(=O)(=O)O)cc3)N=C2C)Sc2ccc3ccccc3c21. The van der Waals surface area contributed by atoms with Gasteiger partial charge < -0.3 is 4.90 Å². The summed E-state index contributed by atoms with van der Waals surface area (Å²) in [4.78, 5) is 16.5. The van der Waals surface area contributed by atoms with E-state index in [4.69, 9.17) is 0 Å². The molecule has 2 aliphatic rings. The molecule has 5 rings (SSSR count). The number of allylic oxidation sites excluding steroid dienone is 2. The third kappa shape index (κ3) is 4.05. The fourth-order valence-corrected chi connectivity index (χ4v) is 6.17. The van der Waals surface area contributed by atoms with Gasteiger partial charge in [-0.25, -0.2) is 0 Å². The zero-order chi connectivity index (χ0) is 24.9. The van der Waals surface area contributed by atoms with Crippen molar-refractivity contribution >= 4 is 55.6 Å². The van der Waals surface area contributed by atoms with Gasteiger partial charge in [-0.15, -0.1) is 0 Å². The maximum absolute atomic E-state index is 13.3. The lowest BCUT2D eigenvalue weighted by Crippen LogP contribution is -2.22. The van der Waals surface area contributed by atoms with Gasteiger partial charge in [-0.1, -0.05) is 42.1 Å². The summed E-state index contributed by atoms with van der Waals surface area (Å²) in [7, 11) is -4.31. The van der Waals surface area contributed by atoms with Crippen molar-refractivity contribution in [3.63, 3.8) is 0 Å². The molecule has 0 radical (unpaired) electrons. The van der Waals surface area contributed by atoms with E-state index in [0.717, 1.165) is 17.1 Å². The molecule has 0 aromatic heterocycles. The standard InChI is InChI=1S/C26H23N3O4S2/c1-4-28-23(34-22-14-9-18-7-5-6-8-21(18)25(22)28)15-16(2)24-17(3)27-29(26(24)30)19-10-12-20(13-11-19)35(31,32)33/h5-15H,4H2,1-3H3,(H,31,32,33). The molecule has 35 heavy (non-hydrogen) atoms. The fourth-order valence-electron chi connectivity index (χ4n) is 4.45. The van der Waals surface area contributed by atoms with Gasteiger partial charge in [-0.2, -0.15) is 18.5 Å².